The molecule has 0 unspecified atom stereocenters. The van der Waals surface area contributed by atoms with E-state index in [9.17, 15) is 4.79 Å². The lowest BCUT2D eigenvalue weighted by atomic mass is 10.1. The molecule has 0 bridgehead atoms. The van der Waals surface area contributed by atoms with Crippen molar-refractivity contribution < 1.29 is 4.79 Å². The van der Waals surface area contributed by atoms with Crippen LogP contribution in [-0.4, -0.2) is 20.4 Å². The summed E-state index contributed by atoms with van der Waals surface area (Å²) in [6.45, 7) is 6.87. The maximum atomic E-state index is 12.5. The lowest BCUT2D eigenvalue weighted by Crippen LogP contribution is -2.12. The molecule has 5 nitrogen and oxygen atoms in total. The van der Waals surface area contributed by atoms with E-state index >= 15 is 0 Å². The van der Waals surface area contributed by atoms with E-state index < -0.39 is 0 Å². The largest absolute Gasteiger partial charge is 0.322 e. The zero-order chi connectivity index (χ0) is 20.4. The Bertz CT molecular complexity index is 1160. The molecule has 0 aliphatic heterocycles. The second-order valence-corrected chi connectivity index (χ2v) is 7.24. The Labute approximate surface area is 170 Å². The van der Waals surface area contributed by atoms with Crippen LogP contribution in [-0.2, 0) is 13.0 Å². The van der Waals surface area contributed by atoms with Crippen LogP contribution in [0.4, 0.5) is 5.69 Å². The molecule has 0 radical (unpaired) electrons. The fraction of sp³-hybridized carbons (Fsp3) is 0.208. The number of aromatic nitrogens is 3. The van der Waals surface area contributed by atoms with Gasteiger partial charge >= 0.3 is 0 Å². The topological polar surface area (TPSA) is 59.8 Å². The quantitative estimate of drug-likeness (QED) is 0.532. The molecule has 1 amide bonds. The first-order valence-electron chi connectivity index (χ1n) is 9.84. The van der Waals surface area contributed by atoms with Crippen LogP contribution in [0.3, 0.4) is 0 Å². The highest BCUT2D eigenvalue weighted by molar-refractivity contribution is 6.04. The predicted octanol–water partition coefficient (Wildman–Crippen LogP) is 4.91. The first-order chi connectivity index (χ1) is 14.0. The predicted molar refractivity (Wildman–Crippen MR) is 116 cm³/mol. The Morgan fingerprint density at radius 1 is 1.00 bits per heavy atom. The van der Waals surface area contributed by atoms with Crippen molar-refractivity contribution in [1.29, 1.82) is 0 Å². The number of nitrogens with one attached hydrogen (secondary N) is 1. The highest BCUT2D eigenvalue weighted by Gasteiger charge is 2.14. The molecule has 5 heteroatoms. The van der Waals surface area contributed by atoms with E-state index in [0.29, 0.717) is 12.1 Å². The van der Waals surface area contributed by atoms with Gasteiger partial charge < -0.3 is 9.88 Å². The van der Waals surface area contributed by atoms with Gasteiger partial charge in [-0.05, 0) is 55.3 Å². The number of pyridine rings is 1. The minimum absolute atomic E-state index is 0.113. The Balaban J connectivity index is 1.58. The minimum Gasteiger partial charge on any atom is -0.322 e. The van der Waals surface area contributed by atoms with Gasteiger partial charge in [-0.3, -0.25) is 4.79 Å². The number of carbonyl (C=O) groups is 1. The fourth-order valence-corrected chi connectivity index (χ4v) is 3.55. The lowest BCUT2D eigenvalue weighted by Gasteiger charge is -2.10. The molecule has 4 aromatic rings. The number of carbonyl (C=O) groups excluding carboxylic acids is 1. The van der Waals surface area contributed by atoms with Gasteiger partial charge in [0.25, 0.3) is 5.91 Å². The summed E-state index contributed by atoms with van der Waals surface area (Å²) in [5.74, 6) is 0.907. The average Bonchev–Trinajstić information content (AvgIpc) is 3.07. The van der Waals surface area contributed by atoms with Gasteiger partial charge in [0.2, 0.25) is 0 Å². The van der Waals surface area contributed by atoms with Crippen molar-refractivity contribution in [3.63, 3.8) is 0 Å². The summed E-state index contributed by atoms with van der Waals surface area (Å²) in [6, 6.07) is 19.3. The molecule has 2 aromatic carbocycles. The van der Waals surface area contributed by atoms with Gasteiger partial charge in [-0.2, -0.15) is 0 Å². The molecule has 0 saturated carbocycles. The summed E-state index contributed by atoms with van der Waals surface area (Å²) in [6.07, 6.45) is 0.840. The molecule has 1 N–H and O–H groups in total. The molecule has 146 valence electrons. The summed E-state index contributed by atoms with van der Waals surface area (Å²) in [5.41, 5.74) is 6.55. The van der Waals surface area contributed by atoms with Crippen LogP contribution < -0.4 is 5.32 Å². The van der Waals surface area contributed by atoms with Gasteiger partial charge in [0.05, 0.1) is 6.54 Å². The second-order valence-electron chi connectivity index (χ2n) is 7.24. The maximum absolute atomic E-state index is 12.5. The lowest BCUT2D eigenvalue weighted by molar-refractivity contribution is 0.102. The van der Waals surface area contributed by atoms with Crippen molar-refractivity contribution in [2.45, 2.75) is 33.7 Å². The van der Waals surface area contributed by atoms with Crippen LogP contribution >= 0.6 is 0 Å². The molecule has 4 rings (SSSR count). The SMILES string of the molecule is CCc1nc2c(C)cc(C)nc2n1Cc1ccc(C(=O)Nc2ccccc2)cc1. The number of para-hydroxylation sites is 1. The Kier molecular flexibility index (Phi) is 5.12. The number of hydrogen-bond acceptors (Lipinski definition) is 3. The van der Waals surface area contributed by atoms with E-state index in [1.807, 2.05) is 61.5 Å². The number of fused-ring (bicyclic) bond motifs is 1. The zero-order valence-electron chi connectivity index (χ0n) is 16.9. The highest BCUT2D eigenvalue weighted by atomic mass is 16.1. The third-order valence-corrected chi connectivity index (χ3v) is 5.01. The van der Waals surface area contributed by atoms with Crippen molar-refractivity contribution in [2.24, 2.45) is 0 Å². The molecule has 2 aromatic heterocycles. The van der Waals surface area contributed by atoms with Crippen molar-refractivity contribution in [2.75, 3.05) is 5.32 Å². The van der Waals surface area contributed by atoms with Crippen LogP contribution in [0, 0.1) is 13.8 Å². The Morgan fingerprint density at radius 3 is 2.41 bits per heavy atom. The number of rotatable bonds is 5. The van der Waals surface area contributed by atoms with Crippen molar-refractivity contribution in [3.8, 4) is 0 Å². The van der Waals surface area contributed by atoms with Crippen molar-refractivity contribution in [3.05, 3.63) is 88.9 Å². The second kappa shape index (κ2) is 7.87. The van der Waals surface area contributed by atoms with Crippen LogP contribution in [0.5, 0.6) is 0 Å². The number of benzene rings is 2. The van der Waals surface area contributed by atoms with E-state index in [1.54, 1.807) is 0 Å². The van der Waals surface area contributed by atoms with E-state index in [1.165, 1.54) is 0 Å². The van der Waals surface area contributed by atoms with Gasteiger partial charge in [0, 0.05) is 23.4 Å². The van der Waals surface area contributed by atoms with Crippen LogP contribution in [0.25, 0.3) is 11.2 Å². The normalized spacial score (nSPS) is 11.0. The number of aryl methyl sites for hydroxylation is 3. The molecule has 2 heterocycles. The molecule has 0 atom stereocenters. The number of nitrogens with zero attached hydrogens (tertiary/aromatic N) is 3. The number of amides is 1. The molecule has 0 fully saturated rings. The van der Waals surface area contributed by atoms with Gasteiger partial charge in [-0.15, -0.1) is 0 Å². The third-order valence-electron chi connectivity index (χ3n) is 5.01. The number of anilines is 1. The Hall–Kier alpha value is -3.47. The highest BCUT2D eigenvalue weighted by Crippen LogP contribution is 2.21. The summed E-state index contributed by atoms with van der Waals surface area (Å²) in [7, 11) is 0. The van der Waals surface area contributed by atoms with E-state index in [2.05, 4.69) is 29.8 Å². The summed E-state index contributed by atoms with van der Waals surface area (Å²) >= 11 is 0. The van der Waals surface area contributed by atoms with Crippen LogP contribution in [0.15, 0.2) is 60.7 Å². The molecule has 0 aliphatic rings. The van der Waals surface area contributed by atoms with Crippen molar-refractivity contribution in [1.82, 2.24) is 14.5 Å². The first-order valence-corrected chi connectivity index (χ1v) is 9.84. The Morgan fingerprint density at radius 2 is 1.72 bits per heavy atom. The monoisotopic (exact) mass is 384 g/mol. The molecular formula is C24H24N4O. The minimum atomic E-state index is -0.113. The van der Waals surface area contributed by atoms with E-state index in [0.717, 1.165) is 45.9 Å². The summed E-state index contributed by atoms with van der Waals surface area (Å²) in [5, 5.41) is 2.91. The van der Waals surface area contributed by atoms with Gasteiger partial charge in [0.15, 0.2) is 5.65 Å². The average molecular weight is 384 g/mol. The van der Waals surface area contributed by atoms with Crippen molar-refractivity contribution >= 4 is 22.8 Å². The van der Waals surface area contributed by atoms with Crippen LogP contribution in [0.1, 0.15) is 39.9 Å². The zero-order valence-corrected chi connectivity index (χ0v) is 16.9. The van der Waals surface area contributed by atoms with Gasteiger partial charge in [-0.1, -0.05) is 37.3 Å². The standard InChI is InChI=1S/C24H24N4O/c1-4-21-27-22-16(2)14-17(3)25-23(22)28(21)15-18-10-12-19(13-11-18)24(29)26-20-8-6-5-7-9-20/h5-14H,4,15H2,1-3H3,(H,26,29). The van der Waals surface area contributed by atoms with Crippen LogP contribution in [0.2, 0.25) is 0 Å². The van der Waals surface area contributed by atoms with E-state index in [-0.39, 0.29) is 5.91 Å². The smallest absolute Gasteiger partial charge is 0.255 e. The third kappa shape index (κ3) is 3.90. The number of imidazole rings is 1. The number of hydrogen-bond donors (Lipinski definition) is 1. The van der Waals surface area contributed by atoms with Gasteiger partial charge in [-0.25, -0.2) is 9.97 Å². The maximum Gasteiger partial charge on any atom is 0.255 e. The summed E-state index contributed by atoms with van der Waals surface area (Å²) < 4.78 is 2.17. The molecular weight excluding hydrogens is 360 g/mol. The molecule has 0 aliphatic carbocycles. The molecule has 29 heavy (non-hydrogen) atoms. The summed E-state index contributed by atoms with van der Waals surface area (Å²) in [4.78, 5) is 22.0. The van der Waals surface area contributed by atoms with Gasteiger partial charge in [0.1, 0.15) is 11.3 Å². The molecule has 0 spiro atoms. The fourth-order valence-electron chi connectivity index (χ4n) is 3.55. The molecule has 0 saturated heterocycles. The van der Waals surface area contributed by atoms with E-state index in [4.69, 9.17) is 9.97 Å². The first kappa shape index (κ1) is 18.9.